The molecule has 0 saturated carbocycles. The van der Waals surface area contributed by atoms with E-state index in [-0.39, 0.29) is 0 Å². The zero-order valence-electron chi connectivity index (χ0n) is 25.7. The van der Waals surface area contributed by atoms with Gasteiger partial charge in [0.15, 0.2) is 0 Å². The van der Waals surface area contributed by atoms with Gasteiger partial charge in [-0.05, 0) is 103 Å². The summed E-state index contributed by atoms with van der Waals surface area (Å²) in [5.74, 6) is 0.901. The molecule has 0 aliphatic rings. The Morgan fingerprint density at radius 2 is 0.806 bits per heavy atom. The van der Waals surface area contributed by atoms with E-state index in [0.29, 0.717) is 45.0 Å². The van der Waals surface area contributed by atoms with Gasteiger partial charge >= 0.3 is 0 Å². The molecule has 0 bridgehead atoms. The molecule has 0 heterocycles. The number of nitrogens with zero attached hydrogens (tertiary/aromatic N) is 3. The van der Waals surface area contributed by atoms with Crippen molar-refractivity contribution in [2.45, 2.75) is 119 Å². The summed E-state index contributed by atoms with van der Waals surface area (Å²) in [4.78, 5) is 2.42. The molecule has 0 unspecified atom stereocenters. The third kappa shape index (κ3) is 5.38. The summed E-state index contributed by atoms with van der Waals surface area (Å²) >= 11 is 0. The van der Waals surface area contributed by atoms with E-state index in [1.54, 1.807) is 0 Å². The Hall–Kier alpha value is -1.84. The topological polar surface area (TPSA) is 3.24 Å². The third-order valence-corrected chi connectivity index (χ3v) is 8.64. The monoisotopic (exact) mass is 493 g/mol. The van der Waals surface area contributed by atoms with Crippen LogP contribution >= 0.6 is 0 Å². The number of hydrogen-bond acceptors (Lipinski definition) is 1. The second-order valence-electron chi connectivity index (χ2n) is 12.6. The van der Waals surface area contributed by atoms with Gasteiger partial charge in [0.25, 0.3) is 0 Å². The quantitative estimate of drug-likeness (QED) is 0.235. The zero-order valence-corrected chi connectivity index (χ0v) is 25.7. The molecule has 2 aromatic rings. The third-order valence-electron chi connectivity index (χ3n) is 8.64. The maximum Gasteiger partial charge on any atom is 0.130 e. The summed E-state index contributed by atoms with van der Waals surface area (Å²) in [5.41, 5.74) is 7.71. The van der Waals surface area contributed by atoms with E-state index in [1.807, 2.05) is 0 Å². The van der Waals surface area contributed by atoms with Gasteiger partial charge in [0.1, 0.15) is 22.7 Å². The van der Waals surface area contributed by atoms with Crippen LogP contribution in [-0.2, 0) is 0 Å². The van der Waals surface area contributed by atoms with Crippen LogP contribution in [0.4, 0.5) is 22.7 Å². The maximum absolute atomic E-state index is 4.82. The SMILES string of the molecule is [CH2-][N+](c1ccc(C(C)C)cc1N(C)c1cc(C(C)C)ccc1[N+]([CH2-])(C(C)C)C(C)C)(C(C)C)C(C)C. The molecular formula is C33H55N3. The lowest BCUT2D eigenvalue weighted by molar-refractivity contribution is 0.249. The van der Waals surface area contributed by atoms with E-state index >= 15 is 0 Å². The van der Waals surface area contributed by atoms with Crippen LogP contribution in [0.15, 0.2) is 36.4 Å². The normalized spacial score (nSPS) is 13.2. The smallest absolute Gasteiger partial charge is 0.130 e. The van der Waals surface area contributed by atoms with Crippen LogP contribution in [-0.4, -0.2) is 31.2 Å². The molecule has 3 heteroatoms. The van der Waals surface area contributed by atoms with Gasteiger partial charge in [-0.2, -0.15) is 0 Å². The first-order chi connectivity index (χ1) is 16.5. The Balaban J connectivity index is 2.97. The second kappa shape index (κ2) is 11.3. The highest BCUT2D eigenvalue weighted by Gasteiger charge is 2.34. The molecule has 0 spiro atoms. The van der Waals surface area contributed by atoms with Crippen LogP contribution in [0.1, 0.15) is 106 Å². The molecule has 0 fully saturated rings. The molecule has 0 radical (unpaired) electrons. The van der Waals surface area contributed by atoms with Gasteiger partial charge in [-0.25, -0.2) is 0 Å². The summed E-state index contributed by atoms with van der Waals surface area (Å²) in [5, 5.41) is 0. The van der Waals surface area contributed by atoms with E-state index < -0.39 is 0 Å². The first-order valence-corrected chi connectivity index (χ1v) is 14.0. The van der Waals surface area contributed by atoms with Crippen LogP contribution < -0.4 is 13.9 Å². The predicted molar refractivity (Wildman–Crippen MR) is 164 cm³/mol. The van der Waals surface area contributed by atoms with Crippen molar-refractivity contribution in [2.24, 2.45) is 0 Å². The number of rotatable bonds is 10. The van der Waals surface area contributed by atoms with Gasteiger partial charge in [0.2, 0.25) is 0 Å². The molecule has 2 aromatic carbocycles. The number of quaternary nitrogens is 2. The van der Waals surface area contributed by atoms with Crippen molar-refractivity contribution < 1.29 is 0 Å². The van der Waals surface area contributed by atoms with Crippen LogP contribution in [0.5, 0.6) is 0 Å². The number of hydrogen-bond donors (Lipinski definition) is 0. The lowest BCUT2D eigenvalue weighted by atomic mass is 9.97. The van der Waals surface area contributed by atoms with Crippen molar-refractivity contribution in [1.82, 2.24) is 8.97 Å². The molecular weight excluding hydrogens is 438 g/mol. The fraction of sp³-hybridized carbons (Fsp3) is 0.576. The van der Waals surface area contributed by atoms with Crippen molar-refractivity contribution in [1.29, 1.82) is 0 Å². The Kier molecular flexibility index (Phi) is 9.51. The molecule has 0 atom stereocenters. The molecule has 0 amide bonds. The van der Waals surface area contributed by atoms with Crippen molar-refractivity contribution >= 4 is 22.7 Å². The molecule has 2 rings (SSSR count). The van der Waals surface area contributed by atoms with E-state index in [2.05, 4.69) is 131 Å². The Bertz CT molecular complexity index is 916. The van der Waals surface area contributed by atoms with E-state index in [4.69, 9.17) is 14.1 Å². The highest BCUT2D eigenvalue weighted by molar-refractivity contribution is 5.83. The summed E-state index contributed by atoms with van der Waals surface area (Å²) in [6.07, 6.45) is 0. The van der Waals surface area contributed by atoms with Crippen molar-refractivity contribution in [3.05, 3.63) is 61.6 Å². The molecule has 0 aliphatic carbocycles. The minimum atomic E-state index is 0.345. The first kappa shape index (κ1) is 30.4. The van der Waals surface area contributed by atoms with Gasteiger partial charge in [0.05, 0.1) is 24.2 Å². The molecule has 202 valence electrons. The van der Waals surface area contributed by atoms with Crippen LogP contribution in [0.3, 0.4) is 0 Å². The molecule has 36 heavy (non-hydrogen) atoms. The largest absolute Gasteiger partial charge is 0.418 e. The van der Waals surface area contributed by atoms with E-state index in [9.17, 15) is 0 Å². The summed E-state index contributed by atoms with van der Waals surface area (Å²) in [7, 11) is 11.9. The number of benzene rings is 2. The minimum Gasteiger partial charge on any atom is -0.418 e. The van der Waals surface area contributed by atoms with E-state index in [1.165, 1.54) is 33.9 Å². The molecule has 0 aliphatic heterocycles. The van der Waals surface area contributed by atoms with Gasteiger partial charge in [-0.1, -0.05) is 39.8 Å². The fourth-order valence-electron chi connectivity index (χ4n) is 5.48. The van der Waals surface area contributed by atoms with Crippen LogP contribution in [0, 0.1) is 14.1 Å². The molecule has 0 saturated heterocycles. The van der Waals surface area contributed by atoms with Crippen molar-refractivity contribution in [3.8, 4) is 0 Å². The van der Waals surface area contributed by atoms with E-state index in [0.717, 1.165) is 0 Å². The number of anilines is 2. The van der Waals surface area contributed by atoms with Gasteiger partial charge in [-0.3, -0.25) is 0 Å². The van der Waals surface area contributed by atoms with Crippen LogP contribution in [0.2, 0.25) is 0 Å². The summed E-state index contributed by atoms with van der Waals surface area (Å²) < 4.78 is 1.27. The minimum absolute atomic E-state index is 0.345. The van der Waals surface area contributed by atoms with Gasteiger partial charge in [0, 0.05) is 7.05 Å². The highest BCUT2D eigenvalue weighted by atomic mass is 15.4. The lowest BCUT2D eigenvalue weighted by Gasteiger charge is -2.52. The molecule has 3 nitrogen and oxygen atoms in total. The second-order valence-corrected chi connectivity index (χ2v) is 12.6. The summed E-state index contributed by atoms with van der Waals surface area (Å²) in [6.45, 7) is 27.4. The van der Waals surface area contributed by atoms with Crippen LogP contribution in [0.25, 0.3) is 0 Å². The highest BCUT2D eigenvalue weighted by Crippen LogP contribution is 2.46. The average molecular weight is 494 g/mol. The van der Waals surface area contributed by atoms with Gasteiger partial charge in [-0.15, -0.1) is 14.1 Å². The molecule has 0 aromatic heterocycles. The fourth-order valence-corrected chi connectivity index (χ4v) is 5.48. The molecule has 0 N–H and O–H groups in total. The van der Waals surface area contributed by atoms with Crippen molar-refractivity contribution in [2.75, 3.05) is 11.9 Å². The first-order valence-electron chi connectivity index (χ1n) is 14.0. The zero-order chi connectivity index (χ0) is 27.7. The van der Waals surface area contributed by atoms with Gasteiger partial charge < -0.3 is 13.9 Å². The average Bonchev–Trinajstić information content (AvgIpc) is 2.80. The predicted octanol–water partition coefficient (Wildman–Crippen LogP) is 9.53. The maximum atomic E-state index is 4.82. The summed E-state index contributed by atoms with van der Waals surface area (Å²) in [6, 6.07) is 15.4. The Labute approximate surface area is 224 Å². The van der Waals surface area contributed by atoms with Crippen molar-refractivity contribution in [3.63, 3.8) is 0 Å². The Morgan fingerprint density at radius 1 is 0.528 bits per heavy atom. The standard InChI is InChI=1S/C33H55N3/c1-22(2)28-16-18-32(35(14,24(5)6)25(7)8)30(20-28)34(13)31-21-29(23(3)4)17-19-33(31)36(15,26(9)10)27(11)12/h16-27H,14-15H2,1-13H3. The lowest BCUT2D eigenvalue weighted by Crippen LogP contribution is -2.55. The Morgan fingerprint density at radius 3 is 1.03 bits per heavy atom.